The molecule has 8 nitrogen and oxygen atoms in total. The number of methoxy groups -OCH3 is 1. The number of rotatable bonds is 8. The van der Waals surface area contributed by atoms with Crippen molar-refractivity contribution in [3.63, 3.8) is 0 Å². The second-order valence-corrected chi connectivity index (χ2v) is 8.95. The highest BCUT2D eigenvalue weighted by molar-refractivity contribution is 6.31. The molecule has 0 unspecified atom stereocenters. The summed E-state index contributed by atoms with van der Waals surface area (Å²) in [6.45, 7) is 1.69. The second kappa shape index (κ2) is 11.0. The minimum absolute atomic E-state index is 0.0352. The predicted octanol–water partition coefficient (Wildman–Crippen LogP) is 4.41. The smallest absolute Gasteiger partial charge is 0.246 e. The molecule has 0 bridgehead atoms. The van der Waals surface area contributed by atoms with Gasteiger partial charge < -0.3 is 24.6 Å². The van der Waals surface area contributed by atoms with E-state index in [4.69, 9.17) is 21.1 Å². The Hall–Kier alpha value is -3.50. The van der Waals surface area contributed by atoms with E-state index in [9.17, 15) is 13.6 Å². The molecule has 0 spiro atoms. The molecule has 190 valence electrons. The molecule has 1 N–H and O–H groups in total. The first-order chi connectivity index (χ1) is 17.3. The number of nitrogens with zero attached hydrogens (tertiary/aromatic N) is 4. The Bertz CT molecular complexity index is 1300. The van der Waals surface area contributed by atoms with E-state index >= 15 is 0 Å². The Morgan fingerprint density at radius 2 is 2.08 bits per heavy atom. The summed E-state index contributed by atoms with van der Waals surface area (Å²) in [5, 5.41) is 2.78. The summed E-state index contributed by atoms with van der Waals surface area (Å²) in [6, 6.07) is 5.69. The van der Waals surface area contributed by atoms with Crippen LogP contribution in [0.15, 0.2) is 42.7 Å². The van der Waals surface area contributed by atoms with E-state index in [0.717, 1.165) is 6.07 Å². The predicted molar refractivity (Wildman–Crippen MR) is 134 cm³/mol. The van der Waals surface area contributed by atoms with Gasteiger partial charge in [-0.25, -0.2) is 18.7 Å². The maximum atomic E-state index is 14.5. The number of nitrogens with one attached hydrogen (secondary N) is 1. The topological polar surface area (TPSA) is 79.8 Å². The number of anilines is 2. The van der Waals surface area contributed by atoms with E-state index in [0.29, 0.717) is 48.5 Å². The molecular formula is C25H26ClF2N5O3. The van der Waals surface area contributed by atoms with Crippen LogP contribution in [0.2, 0.25) is 5.02 Å². The molecule has 2 aromatic carbocycles. The Balaban J connectivity index is 1.56. The SMILES string of the molecule is COc1cc2ncnc(Nc3ccc(F)c(Cl)c3F)c2cc1O[C@H]1CCN(C(=O)/C=C/CN(C)C)C1. The molecule has 1 aromatic heterocycles. The number of fused-ring (bicyclic) bond motifs is 1. The average molecular weight is 518 g/mol. The van der Waals surface area contributed by atoms with Crippen molar-refractivity contribution >= 4 is 39.9 Å². The fourth-order valence-corrected chi connectivity index (χ4v) is 4.00. The van der Waals surface area contributed by atoms with E-state index in [1.807, 2.05) is 25.1 Å². The van der Waals surface area contributed by atoms with Gasteiger partial charge >= 0.3 is 0 Å². The third-order valence-corrected chi connectivity index (χ3v) is 6.04. The lowest BCUT2D eigenvalue weighted by atomic mass is 10.2. The van der Waals surface area contributed by atoms with Gasteiger partial charge in [-0.3, -0.25) is 4.79 Å². The molecule has 2 heterocycles. The zero-order valence-corrected chi connectivity index (χ0v) is 20.9. The van der Waals surface area contributed by atoms with Crippen molar-refractivity contribution in [3.8, 4) is 11.5 Å². The lowest BCUT2D eigenvalue weighted by Crippen LogP contribution is -2.29. The van der Waals surface area contributed by atoms with Gasteiger partial charge in [0.05, 0.1) is 24.9 Å². The summed E-state index contributed by atoms with van der Waals surface area (Å²) in [5.74, 6) is -0.674. The molecule has 1 aliphatic rings. The Morgan fingerprint density at radius 1 is 1.28 bits per heavy atom. The number of carbonyl (C=O) groups excluding carboxylic acids is 1. The first-order valence-corrected chi connectivity index (χ1v) is 11.6. The summed E-state index contributed by atoms with van der Waals surface area (Å²) in [5.41, 5.74) is 0.492. The molecule has 0 radical (unpaired) electrons. The molecule has 4 rings (SSSR count). The number of benzene rings is 2. The van der Waals surface area contributed by atoms with Crippen molar-refractivity contribution in [2.45, 2.75) is 12.5 Å². The van der Waals surface area contributed by atoms with E-state index < -0.39 is 16.7 Å². The van der Waals surface area contributed by atoms with Crippen LogP contribution < -0.4 is 14.8 Å². The highest BCUT2D eigenvalue weighted by atomic mass is 35.5. The van der Waals surface area contributed by atoms with Gasteiger partial charge in [-0.15, -0.1) is 0 Å². The minimum Gasteiger partial charge on any atom is -0.493 e. The van der Waals surface area contributed by atoms with Gasteiger partial charge in [0.15, 0.2) is 17.3 Å². The zero-order chi connectivity index (χ0) is 25.8. The van der Waals surface area contributed by atoms with Crippen LogP contribution in [0.25, 0.3) is 10.9 Å². The average Bonchev–Trinajstić information content (AvgIpc) is 3.32. The van der Waals surface area contributed by atoms with Crippen LogP contribution >= 0.6 is 11.6 Å². The molecule has 36 heavy (non-hydrogen) atoms. The van der Waals surface area contributed by atoms with Gasteiger partial charge in [0.1, 0.15) is 29.1 Å². The van der Waals surface area contributed by atoms with Crippen molar-refractivity contribution in [2.75, 3.05) is 46.2 Å². The van der Waals surface area contributed by atoms with Gasteiger partial charge in [-0.1, -0.05) is 17.7 Å². The number of aromatic nitrogens is 2. The maximum absolute atomic E-state index is 14.5. The summed E-state index contributed by atoms with van der Waals surface area (Å²) in [6.07, 6.45) is 5.14. The lowest BCUT2D eigenvalue weighted by molar-refractivity contribution is -0.125. The fraction of sp³-hybridized carbons (Fsp3) is 0.320. The van der Waals surface area contributed by atoms with Crippen LogP contribution in [-0.2, 0) is 4.79 Å². The summed E-state index contributed by atoms with van der Waals surface area (Å²) < 4.78 is 39.8. The third kappa shape index (κ3) is 5.66. The number of ether oxygens (including phenoxy) is 2. The van der Waals surface area contributed by atoms with Crippen molar-refractivity contribution < 1.29 is 23.0 Å². The third-order valence-electron chi connectivity index (χ3n) is 5.69. The van der Waals surface area contributed by atoms with Crippen LogP contribution in [0, 0.1) is 11.6 Å². The monoisotopic (exact) mass is 517 g/mol. The van der Waals surface area contributed by atoms with Crippen molar-refractivity contribution in [3.05, 3.63) is 59.4 Å². The van der Waals surface area contributed by atoms with Crippen molar-refractivity contribution in [1.29, 1.82) is 0 Å². The van der Waals surface area contributed by atoms with E-state index in [2.05, 4.69) is 15.3 Å². The molecule has 3 aromatic rings. The van der Waals surface area contributed by atoms with Crippen LogP contribution in [0.3, 0.4) is 0 Å². The van der Waals surface area contributed by atoms with Crippen molar-refractivity contribution in [1.82, 2.24) is 19.8 Å². The van der Waals surface area contributed by atoms with Gasteiger partial charge in [0, 0.05) is 37.0 Å². The zero-order valence-electron chi connectivity index (χ0n) is 20.1. The number of likely N-dealkylation sites (N-methyl/N-ethyl adjacent to an activating group) is 1. The Labute approximate surface area is 212 Å². The standard InChI is InChI=1S/C25H26ClF2N5O3/c1-32(2)9-4-5-22(34)33-10-8-15(13-33)36-21-11-16-19(12-20(21)35-3)29-14-30-25(16)31-18-7-6-17(27)23(26)24(18)28/h4-7,11-12,14-15H,8-10,13H2,1-3H3,(H,29,30,31)/b5-4+/t15-/m0/s1. The number of hydrogen-bond donors (Lipinski definition) is 1. The van der Waals surface area contributed by atoms with Crippen LogP contribution in [0.1, 0.15) is 6.42 Å². The van der Waals surface area contributed by atoms with E-state index in [1.54, 1.807) is 23.1 Å². The molecule has 0 saturated carbocycles. The molecule has 1 fully saturated rings. The van der Waals surface area contributed by atoms with Gasteiger partial charge in [0.25, 0.3) is 0 Å². The summed E-state index contributed by atoms with van der Waals surface area (Å²) >= 11 is 5.71. The Kier molecular flexibility index (Phi) is 7.85. The molecule has 1 saturated heterocycles. The molecule has 1 amide bonds. The quantitative estimate of drug-likeness (QED) is 0.350. The molecular weight excluding hydrogens is 492 g/mol. The highest BCUT2D eigenvalue weighted by Crippen LogP contribution is 2.37. The summed E-state index contributed by atoms with van der Waals surface area (Å²) in [7, 11) is 5.38. The largest absolute Gasteiger partial charge is 0.493 e. The first-order valence-electron chi connectivity index (χ1n) is 11.3. The van der Waals surface area contributed by atoms with E-state index in [1.165, 1.54) is 19.5 Å². The normalized spacial score (nSPS) is 15.8. The molecule has 1 aliphatic heterocycles. The van der Waals surface area contributed by atoms with Gasteiger partial charge in [-0.2, -0.15) is 0 Å². The lowest BCUT2D eigenvalue weighted by Gasteiger charge is -2.18. The van der Waals surface area contributed by atoms with Gasteiger partial charge in [-0.05, 0) is 32.3 Å². The van der Waals surface area contributed by atoms with Gasteiger partial charge in [0.2, 0.25) is 5.91 Å². The molecule has 1 atom stereocenters. The number of hydrogen-bond acceptors (Lipinski definition) is 7. The number of amides is 1. The second-order valence-electron chi connectivity index (χ2n) is 8.57. The minimum atomic E-state index is -0.927. The van der Waals surface area contributed by atoms with E-state index in [-0.39, 0.29) is 23.5 Å². The Morgan fingerprint density at radius 3 is 2.83 bits per heavy atom. The van der Waals surface area contributed by atoms with Crippen LogP contribution in [0.5, 0.6) is 11.5 Å². The fourth-order valence-electron chi connectivity index (χ4n) is 3.84. The maximum Gasteiger partial charge on any atom is 0.246 e. The van der Waals surface area contributed by atoms with Crippen LogP contribution in [0.4, 0.5) is 20.3 Å². The van der Waals surface area contributed by atoms with Crippen molar-refractivity contribution in [2.24, 2.45) is 0 Å². The first kappa shape index (κ1) is 25.6. The summed E-state index contributed by atoms with van der Waals surface area (Å²) in [4.78, 5) is 24.7. The number of carbonyl (C=O) groups is 1. The van der Waals surface area contributed by atoms with Crippen LogP contribution in [-0.4, -0.2) is 72.6 Å². The number of likely N-dealkylation sites (tertiary alicyclic amines) is 1. The molecule has 0 aliphatic carbocycles. The number of halogens is 3. The highest BCUT2D eigenvalue weighted by Gasteiger charge is 2.27. The molecule has 11 heteroatoms.